The van der Waals surface area contributed by atoms with Gasteiger partial charge >= 0.3 is 0 Å². The van der Waals surface area contributed by atoms with Crippen molar-refractivity contribution in [2.75, 3.05) is 32.1 Å². The molecule has 0 atom stereocenters. The number of likely N-dealkylation sites (N-methyl/N-ethyl adjacent to an activating group) is 1. The first-order chi connectivity index (χ1) is 9.10. The molecule has 0 spiro atoms. The predicted molar refractivity (Wildman–Crippen MR) is 72.6 cm³/mol. The fourth-order valence-corrected chi connectivity index (χ4v) is 2.63. The molecule has 0 radical (unpaired) electrons. The summed E-state index contributed by atoms with van der Waals surface area (Å²) in [5.41, 5.74) is 0.342. The van der Waals surface area contributed by atoms with E-state index in [9.17, 15) is 8.42 Å². The van der Waals surface area contributed by atoms with Crippen molar-refractivity contribution in [1.29, 1.82) is 5.26 Å². The van der Waals surface area contributed by atoms with E-state index in [0.29, 0.717) is 18.7 Å². The highest BCUT2D eigenvalue weighted by atomic mass is 32.2. The maximum atomic E-state index is 12.0. The quantitative estimate of drug-likeness (QED) is 0.718. The van der Waals surface area contributed by atoms with Gasteiger partial charge < -0.3 is 10.1 Å². The van der Waals surface area contributed by atoms with Crippen LogP contribution < -0.4 is 5.32 Å². The second-order valence-electron chi connectivity index (χ2n) is 3.92. The lowest BCUT2D eigenvalue weighted by Crippen LogP contribution is -2.21. The number of rotatable bonds is 8. The molecule has 0 amide bonds. The van der Waals surface area contributed by atoms with Gasteiger partial charge in [-0.3, -0.25) is 0 Å². The van der Waals surface area contributed by atoms with Crippen LogP contribution in [0, 0.1) is 11.3 Å². The summed E-state index contributed by atoms with van der Waals surface area (Å²) in [5.74, 6) is -0.0754. The SMILES string of the molecule is CCNCCOCCS(=O)(=O)c1cccc(C#N)c1. The van der Waals surface area contributed by atoms with Crippen LogP contribution in [0.1, 0.15) is 12.5 Å². The van der Waals surface area contributed by atoms with Crippen molar-refractivity contribution in [2.24, 2.45) is 0 Å². The van der Waals surface area contributed by atoms with Crippen molar-refractivity contribution in [3.63, 3.8) is 0 Å². The number of ether oxygens (including phenoxy) is 1. The van der Waals surface area contributed by atoms with Crippen LogP contribution in [-0.2, 0) is 14.6 Å². The van der Waals surface area contributed by atoms with E-state index in [2.05, 4.69) is 5.32 Å². The van der Waals surface area contributed by atoms with Crippen LogP contribution in [0.4, 0.5) is 0 Å². The van der Waals surface area contributed by atoms with Crippen molar-refractivity contribution in [3.05, 3.63) is 29.8 Å². The minimum Gasteiger partial charge on any atom is -0.379 e. The fraction of sp³-hybridized carbons (Fsp3) is 0.462. The lowest BCUT2D eigenvalue weighted by Gasteiger charge is -2.06. The van der Waals surface area contributed by atoms with E-state index < -0.39 is 9.84 Å². The Hall–Kier alpha value is -1.42. The molecule has 1 aromatic rings. The van der Waals surface area contributed by atoms with Crippen LogP contribution in [0.5, 0.6) is 0 Å². The Bertz CT molecular complexity index is 535. The molecule has 0 aromatic heterocycles. The zero-order chi connectivity index (χ0) is 14.1. The molecular weight excluding hydrogens is 264 g/mol. The third-order valence-corrected chi connectivity index (χ3v) is 4.17. The molecule has 1 rings (SSSR count). The molecule has 0 heterocycles. The molecule has 0 bridgehead atoms. The first-order valence-electron chi connectivity index (χ1n) is 6.11. The van der Waals surface area contributed by atoms with Gasteiger partial charge in [-0.25, -0.2) is 8.42 Å². The van der Waals surface area contributed by atoms with Gasteiger partial charge in [0.1, 0.15) is 0 Å². The van der Waals surface area contributed by atoms with E-state index >= 15 is 0 Å². The third kappa shape index (κ3) is 5.39. The molecule has 1 aromatic carbocycles. The summed E-state index contributed by atoms with van der Waals surface area (Å²) in [6.07, 6.45) is 0. The minimum atomic E-state index is -3.38. The molecular formula is C13H18N2O3S. The summed E-state index contributed by atoms with van der Waals surface area (Å²) in [4.78, 5) is 0.168. The van der Waals surface area contributed by atoms with Gasteiger partial charge in [0, 0.05) is 6.54 Å². The minimum absolute atomic E-state index is 0.0754. The third-order valence-electron chi connectivity index (χ3n) is 2.49. The van der Waals surface area contributed by atoms with Crippen molar-refractivity contribution in [2.45, 2.75) is 11.8 Å². The number of nitrogens with zero attached hydrogens (tertiary/aromatic N) is 1. The summed E-state index contributed by atoms with van der Waals surface area (Å²) < 4.78 is 29.2. The molecule has 0 aliphatic rings. The number of hydrogen-bond donors (Lipinski definition) is 1. The van der Waals surface area contributed by atoms with Gasteiger partial charge in [0.05, 0.1) is 35.5 Å². The van der Waals surface area contributed by atoms with E-state index in [-0.39, 0.29) is 17.3 Å². The summed E-state index contributed by atoms with van der Waals surface area (Å²) in [5, 5.41) is 11.8. The van der Waals surface area contributed by atoms with E-state index in [1.54, 1.807) is 12.1 Å². The molecule has 19 heavy (non-hydrogen) atoms. The Morgan fingerprint density at radius 3 is 2.84 bits per heavy atom. The molecule has 0 saturated heterocycles. The molecule has 0 unspecified atom stereocenters. The molecule has 104 valence electrons. The highest BCUT2D eigenvalue weighted by Crippen LogP contribution is 2.12. The zero-order valence-electron chi connectivity index (χ0n) is 10.9. The van der Waals surface area contributed by atoms with Crippen LogP contribution in [0.15, 0.2) is 29.2 Å². The van der Waals surface area contributed by atoms with E-state index in [4.69, 9.17) is 10.00 Å². The van der Waals surface area contributed by atoms with Crippen LogP contribution in [0.25, 0.3) is 0 Å². The number of hydrogen-bond acceptors (Lipinski definition) is 5. The molecule has 0 aliphatic heterocycles. The maximum Gasteiger partial charge on any atom is 0.180 e. The Morgan fingerprint density at radius 1 is 1.37 bits per heavy atom. The zero-order valence-corrected chi connectivity index (χ0v) is 11.7. The average Bonchev–Trinajstić information content (AvgIpc) is 2.43. The van der Waals surface area contributed by atoms with Crippen molar-refractivity contribution < 1.29 is 13.2 Å². The Labute approximate surface area is 114 Å². The smallest absolute Gasteiger partial charge is 0.180 e. The molecule has 5 nitrogen and oxygen atoms in total. The van der Waals surface area contributed by atoms with Crippen LogP contribution in [0.3, 0.4) is 0 Å². The van der Waals surface area contributed by atoms with Gasteiger partial charge in [-0.1, -0.05) is 13.0 Å². The Morgan fingerprint density at radius 2 is 2.16 bits per heavy atom. The lowest BCUT2D eigenvalue weighted by atomic mass is 10.2. The highest BCUT2D eigenvalue weighted by molar-refractivity contribution is 7.91. The first kappa shape index (κ1) is 15.6. The molecule has 1 N–H and O–H groups in total. The molecule has 0 aliphatic carbocycles. The van der Waals surface area contributed by atoms with Crippen LogP contribution in [0.2, 0.25) is 0 Å². The van der Waals surface area contributed by atoms with Crippen molar-refractivity contribution in [1.82, 2.24) is 5.32 Å². The number of nitrogens with one attached hydrogen (secondary N) is 1. The fourth-order valence-electron chi connectivity index (χ4n) is 1.47. The van der Waals surface area contributed by atoms with Crippen molar-refractivity contribution >= 4 is 9.84 Å². The second kappa shape index (κ2) is 7.89. The summed E-state index contributed by atoms with van der Waals surface area (Å²) in [7, 11) is -3.38. The van der Waals surface area contributed by atoms with E-state index in [1.165, 1.54) is 12.1 Å². The Balaban J connectivity index is 2.49. The van der Waals surface area contributed by atoms with E-state index in [0.717, 1.165) is 6.54 Å². The van der Waals surface area contributed by atoms with Gasteiger partial charge in [0.15, 0.2) is 9.84 Å². The number of benzene rings is 1. The summed E-state index contributed by atoms with van der Waals surface area (Å²) in [6, 6.07) is 7.95. The molecule has 6 heteroatoms. The Kier molecular flexibility index (Phi) is 6.50. The van der Waals surface area contributed by atoms with Crippen molar-refractivity contribution in [3.8, 4) is 6.07 Å². The first-order valence-corrected chi connectivity index (χ1v) is 7.76. The standard InChI is InChI=1S/C13H18N2O3S/c1-2-15-6-7-18-8-9-19(16,17)13-5-3-4-12(10-13)11-14/h3-5,10,15H,2,6-9H2,1H3. The molecule has 0 saturated carbocycles. The van der Waals surface area contributed by atoms with Gasteiger partial charge in [-0.05, 0) is 24.7 Å². The second-order valence-corrected chi connectivity index (χ2v) is 6.03. The highest BCUT2D eigenvalue weighted by Gasteiger charge is 2.14. The predicted octanol–water partition coefficient (Wildman–Crippen LogP) is 0.958. The van der Waals surface area contributed by atoms with Gasteiger partial charge in [0.25, 0.3) is 0 Å². The van der Waals surface area contributed by atoms with Gasteiger partial charge in [-0.2, -0.15) is 5.26 Å². The average molecular weight is 282 g/mol. The maximum absolute atomic E-state index is 12.0. The van der Waals surface area contributed by atoms with Gasteiger partial charge in [-0.15, -0.1) is 0 Å². The van der Waals surface area contributed by atoms with Gasteiger partial charge in [0.2, 0.25) is 0 Å². The van der Waals surface area contributed by atoms with Crippen LogP contribution >= 0.6 is 0 Å². The summed E-state index contributed by atoms with van der Waals surface area (Å²) >= 11 is 0. The molecule has 0 fully saturated rings. The van der Waals surface area contributed by atoms with E-state index in [1.807, 2.05) is 13.0 Å². The lowest BCUT2D eigenvalue weighted by molar-refractivity contribution is 0.151. The largest absolute Gasteiger partial charge is 0.379 e. The summed E-state index contributed by atoms with van der Waals surface area (Å²) in [6.45, 7) is 4.21. The normalized spacial score (nSPS) is 11.2. The monoisotopic (exact) mass is 282 g/mol. The number of nitriles is 1. The number of sulfone groups is 1. The topological polar surface area (TPSA) is 79.2 Å². The van der Waals surface area contributed by atoms with Crippen LogP contribution in [-0.4, -0.2) is 40.5 Å².